The summed E-state index contributed by atoms with van der Waals surface area (Å²) in [7, 11) is 0. The van der Waals surface area contributed by atoms with Crippen LogP contribution in [0.15, 0.2) is 60.8 Å². The Morgan fingerprint density at radius 2 is 1.85 bits per heavy atom. The highest BCUT2D eigenvalue weighted by Crippen LogP contribution is 2.52. The first kappa shape index (κ1) is 19.9. The van der Waals surface area contributed by atoms with Gasteiger partial charge in [0.2, 0.25) is 0 Å². The summed E-state index contributed by atoms with van der Waals surface area (Å²) in [5.74, 6) is 0.248. The molecule has 1 unspecified atom stereocenters. The van der Waals surface area contributed by atoms with E-state index in [1.54, 1.807) is 6.20 Å². The maximum Gasteiger partial charge on any atom is 0.416 e. The quantitative estimate of drug-likeness (QED) is 0.533. The summed E-state index contributed by atoms with van der Waals surface area (Å²) >= 11 is 0.813. The van der Waals surface area contributed by atoms with Gasteiger partial charge in [0.05, 0.1) is 11.1 Å². The zero-order chi connectivity index (χ0) is 19.5. The first-order chi connectivity index (χ1) is 12.7. The van der Waals surface area contributed by atoms with Crippen LogP contribution >= 0.6 is 18.1 Å². The number of benzene rings is 2. The minimum atomic E-state index is -4.45. The van der Waals surface area contributed by atoms with Crippen LogP contribution in [0.25, 0.3) is 10.9 Å². The van der Waals surface area contributed by atoms with Crippen molar-refractivity contribution in [2.45, 2.75) is 18.5 Å². The Hall–Kier alpha value is -1.86. The SMILES string of the molecule is O=P(O)(NCc1cccc(C(F)(F)F)c1)SCc1cccc2cccnc12. The van der Waals surface area contributed by atoms with Crippen molar-refractivity contribution in [2.24, 2.45) is 0 Å². The fourth-order valence-corrected chi connectivity index (χ4v) is 4.97. The van der Waals surface area contributed by atoms with Crippen LogP contribution in [0.2, 0.25) is 0 Å². The summed E-state index contributed by atoms with van der Waals surface area (Å²) in [6, 6.07) is 14.0. The van der Waals surface area contributed by atoms with Gasteiger partial charge in [-0.25, -0.2) is 5.09 Å². The third kappa shape index (κ3) is 5.32. The maximum absolute atomic E-state index is 12.7. The molecule has 142 valence electrons. The summed E-state index contributed by atoms with van der Waals surface area (Å²) in [5.41, 5.74) is 1.06. The number of hydrogen-bond acceptors (Lipinski definition) is 3. The van der Waals surface area contributed by atoms with Gasteiger partial charge >= 0.3 is 12.9 Å². The van der Waals surface area contributed by atoms with Gasteiger partial charge in [-0.1, -0.05) is 42.5 Å². The van der Waals surface area contributed by atoms with E-state index in [0.717, 1.165) is 40.0 Å². The fourth-order valence-electron chi connectivity index (χ4n) is 2.54. The molecule has 0 amide bonds. The van der Waals surface area contributed by atoms with Gasteiger partial charge in [0.15, 0.2) is 0 Å². The Morgan fingerprint density at radius 3 is 2.63 bits per heavy atom. The highest BCUT2D eigenvalue weighted by molar-refractivity contribution is 8.55. The van der Waals surface area contributed by atoms with E-state index in [0.29, 0.717) is 0 Å². The van der Waals surface area contributed by atoms with E-state index in [1.165, 1.54) is 12.1 Å². The van der Waals surface area contributed by atoms with Crippen molar-refractivity contribution in [1.29, 1.82) is 0 Å². The van der Waals surface area contributed by atoms with Crippen LogP contribution < -0.4 is 5.09 Å². The summed E-state index contributed by atoms with van der Waals surface area (Å²) in [6.07, 6.45) is -2.80. The molecule has 0 saturated heterocycles. The Kier molecular flexibility index (Phi) is 5.91. The molecule has 2 N–H and O–H groups in total. The molecular weight excluding hydrogens is 396 g/mol. The molecule has 0 radical (unpaired) electrons. The highest BCUT2D eigenvalue weighted by atomic mass is 32.7. The number of para-hydroxylation sites is 1. The first-order valence-corrected chi connectivity index (χ1v) is 11.2. The molecule has 0 fully saturated rings. The lowest BCUT2D eigenvalue weighted by molar-refractivity contribution is -0.137. The van der Waals surface area contributed by atoms with Crippen LogP contribution in [-0.2, 0) is 23.0 Å². The molecule has 1 heterocycles. The van der Waals surface area contributed by atoms with Crippen molar-refractivity contribution in [3.8, 4) is 0 Å². The third-order valence-corrected chi connectivity index (χ3v) is 7.02. The second-order valence-corrected chi connectivity index (χ2v) is 9.98. The molecular formula is C18H16F3N2O2PS. The Bertz CT molecular complexity index is 992. The standard InChI is InChI=1S/C18H16F3N2O2PS/c19-18(20,21)16-8-1-4-13(10-16)11-23-26(24,25)27-12-15-6-2-5-14-7-3-9-22-17(14)15/h1-10H,11-12H2,(H2,23,24,25). The molecule has 3 rings (SSSR count). The smallest absolute Gasteiger partial charge is 0.326 e. The third-order valence-electron chi connectivity index (χ3n) is 3.85. The Labute approximate surface area is 158 Å². The van der Waals surface area contributed by atoms with Gasteiger partial charge in [-0.2, -0.15) is 13.2 Å². The average Bonchev–Trinajstić information content (AvgIpc) is 2.64. The van der Waals surface area contributed by atoms with Crippen LogP contribution in [0.5, 0.6) is 0 Å². The number of fused-ring (bicyclic) bond motifs is 1. The molecule has 0 aliphatic carbocycles. The van der Waals surface area contributed by atoms with E-state index in [1.807, 2.05) is 30.3 Å². The number of nitrogens with zero attached hydrogens (tertiary/aromatic N) is 1. The fraction of sp³-hybridized carbons (Fsp3) is 0.167. The molecule has 0 bridgehead atoms. The molecule has 3 aromatic rings. The number of aromatic nitrogens is 1. The number of hydrogen-bond donors (Lipinski definition) is 2. The average molecular weight is 412 g/mol. The molecule has 27 heavy (non-hydrogen) atoms. The van der Waals surface area contributed by atoms with Crippen LogP contribution in [-0.4, -0.2) is 9.88 Å². The van der Waals surface area contributed by atoms with Crippen molar-refractivity contribution in [3.05, 3.63) is 77.5 Å². The maximum atomic E-state index is 12.7. The second-order valence-electron chi connectivity index (χ2n) is 5.82. The number of halogens is 3. The monoisotopic (exact) mass is 412 g/mol. The molecule has 1 atom stereocenters. The Balaban J connectivity index is 1.65. The van der Waals surface area contributed by atoms with Crippen LogP contribution in [0.4, 0.5) is 13.2 Å². The number of nitrogens with one attached hydrogen (secondary N) is 1. The van der Waals surface area contributed by atoms with E-state index in [4.69, 9.17) is 0 Å². The minimum Gasteiger partial charge on any atom is -0.326 e. The van der Waals surface area contributed by atoms with Gasteiger partial charge in [-0.05, 0) is 34.6 Å². The summed E-state index contributed by atoms with van der Waals surface area (Å²) < 4.78 is 50.6. The van der Waals surface area contributed by atoms with Crippen molar-refractivity contribution in [1.82, 2.24) is 10.1 Å². The summed E-state index contributed by atoms with van der Waals surface area (Å²) in [5, 5.41) is 3.39. The zero-order valence-electron chi connectivity index (χ0n) is 14.0. The Morgan fingerprint density at radius 1 is 1.11 bits per heavy atom. The molecule has 0 saturated carbocycles. The van der Waals surface area contributed by atoms with E-state index in [9.17, 15) is 22.6 Å². The van der Waals surface area contributed by atoms with Crippen molar-refractivity contribution >= 4 is 29.0 Å². The van der Waals surface area contributed by atoms with Gasteiger partial charge in [0.1, 0.15) is 0 Å². The predicted molar refractivity (Wildman–Crippen MR) is 101 cm³/mol. The predicted octanol–water partition coefficient (Wildman–Crippen LogP) is 5.38. The van der Waals surface area contributed by atoms with Gasteiger partial charge in [0, 0.05) is 23.9 Å². The normalized spacial score (nSPS) is 14.2. The molecule has 1 aromatic heterocycles. The van der Waals surface area contributed by atoms with E-state index in [2.05, 4.69) is 10.1 Å². The van der Waals surface area contributed by atoms with Crippen LogP contribution in [0.3, 0.4) is 0 Å². The van der Waals surface area contributed by atoms with Crippen molar-refractivity contribution < 1.29 is 22.6 Å². The molecule has 0 aliphatic heterocycles. The van der Waals surface area contributed by atoms with Crippen LogP contribution in [0.1, 0.15) is 16.7 Å². The summed E-state index contributed by atoms with van der Waals surface area (Å²) in [4.78, 5) is 14.4. The first-order valence-electron chi connectivity index (χ1n) is 7.96. The zero-order valence-corrected chi connectivity index (χ0v) is 15.7. The van der Waals surface area contributed by atoms with Gasteiger partial charge in [-0.15, -0.1) is 0 Å². The van der Waals surface area contributed by atoms with E-state index >= 15 is 0 Å². The largest absolute Gasteiger partial charge is 0.416 e. The van der Waals surface area contributed by atoms with Gasteiger partial charge < -0.3 is 4.89 Å². The lowest BCUT2D eigenvalue weighted by Gasteiger charge is -2.14. The minimum absolute atomic E-state index is 0.140. The van der Waals surface area contributed by atoms with Crippen molar-refractivity contribution in [3.63, 3.8) is 0 Å². The topological polar surface area (TPSA) is 62.2 Å². The van der Waals surface area contributed by atoms with Gasteiger partial charge in [0.25, 0.3) is 0 Å². The lowest BCUT2D eigenvalue weighted by atomic mass is 10.1. The molecule has 0 spiro atoms. The number of alkyl halides is 3. The van der Waals surface area contributed by atoms with Crippen LogP contribution in [0, 0.1) is 0 Å². The van der Waals surface area contributed by atoms with E-state index in [-0.39, 0.29) is 17.9 Å². The molecule has 2 aromatic carbocycles. The molecule has 9 heteroatoms. The van der Waals surface area contributed by atoms with Crippen molar-refractivity contribution in [2.75, 3.05) is 0 Å². The van der Waals surface area contributed by atoms with Gasteiger partial charge in [-0.3, -0.25) is 9.55 Å². The molecule has 0 aliphatic rings. The van der Waals surface area contributed by atoms with E-state index < -0.39 is 18.5 Å². The highest BCUT2D eigenvalue weighted by Gasteiger charge is 2.30. The number of pyridine rings is 1. The summed E-state index contributed by atoms with van der Waals surface area (Å²) in [6.45, 7) is -3.94. The second kappa shape index (κ2) is 8.02. The number of rotatable bonds is 6. The molecule has 4 nitrogen and oxygen atoms in total. The lowest BCUT2D eigenvalue weighted by Crippen LogP contribution is -2.10.